The number of nitrogens with one attached hydrogen (secondary N) is 1. The van der Waals surface area contributed by atoms with Crippen molar-refractivity contribution < 1.29 is 0 Å². The van der Waals surface area contributed by atoms with Gasteiger partial charge in [0.05, 0.1) is 0 Å². The smallest absolute Gasteiger partial charge is 0.00669 e. The number of piperidine rings is 1. The van der Waals surface area contributed by atoms with Crippen LogP contribution in [0, 0.1) is 0 Å². The van der Waals surface area contributed by atoms with Gasteiger partial charge in [-0.2, -0.15) is 0 Å². The van der Waals surface area contributed by atoms with E-state index in [2.05, 4.69) is 24.1 Å². The first-order chi connectivity index (χ1) is 7.84. The lowest BCUT2D eigenvalue weighted by atomic mass is 10.0. The lowest BCUT2D eigenvalue weighted by molar-refractivity contribution is 0.159. The van der Waals surface area contributed by atoms with Crippen molar-refractivity contribution in [2.24, 2.45) is 0 Å². The van der Waals surface area contributed by atoms with E-state index in [1.54, 1.807) is 0 Å². The molecule has 1 heterocycles. The third-order valence-corrected chi connectivity index (χ3v) is 3.70. The van der Waals surface area contributed by atoms with Crippen LogP contribution in [-0.4, -0.2) is 37.1 Å². The van der Waals surface area contributed by atoms with Crippen LogP contribution in [0.5, 0.6) is 0 Å². The molecule has 0 aliphatic carbocycles. The van der Waals surface area contributed by atoms with Crippen molar-refractivity contribution in [2.45, 2.75) is 64.8 Å². The van der Waals surface area contributed by atoms with E-state index in [9.17, 15) is 0 Å². The van der Waals surface area contributed by atoms with E-state index in [1.165, 1.54) is 71.1 Å². The van der Waals surface area contributed by atoms with Gasteiger partial charge in [-0.15, -0.1) is 0 Å². The Balaban J connectivity index is 1.90. The molecule has 0 radical (unpaired) electrons. The highest BCUT2D eigenvalue weighted by Crippen LogP contribution is 2.15. The molecule has 1 atom stereocenters. The summed E-state index contributed by atoms with van der Waals surface area (Å²) < 4.78 is 0. The monoisotopic (exact) mass is 226 g/mol. The normalized spacial score (nSPS) is 22.5. The van der Waals surface area contributed by atoms with Gasteiger partial charge in [-0.25, -0.2) is 0 Å². The molecule has 0 saturated carbocycles. The molecule has 2 heteroatoms. The number of hydrogen-bond acceptors (Lipinski definition) is 2. The Morgan fingerprint density at radius 1 is 1.12 bits per heavy atom. The zero-order chi connectivity index (χ0) is 11.6. The van der Waals surface area contributed by atoms with E-state index in [0.717, 1.165) is 6.04 Å². The van der Waals surface area contributed by atoms with Crippen LogP contribution in [0.3, 0.4) is 0 Å². The average molecular weight is 226 g/mol. The Morgan fingerprint density at radius 3 is 2.69 bits per heavy atom. The molecule has 0 spiro atoms. The molecular weight excluding hydrogens is 196 g/mol. The fourth-order valence-electron chi connectivity index (χ4n) is 2.52. The van der Waals surface area contributed by atoms with Crippen molar-refractivity contribution in [3.63, 3.8) is 0 Å². The summed E-state index contributed by atoms with van der Waals surface area (Å²) >= 11 is 0. The summed E-state index contributed by atoms with van der Waals surface area (Å²) in [6.07, 6.45) is 9.61. The SMILES string of the molecule is CCCCCNCCCN1CCCCC1C. The summed E-state index contributed by atoms with van der Waals surface area (Å²) in [5, 5.41) is 3.55. The second kappa shape index (κ2) is 9.00. The Labute approximate surface area is 102 Å². The molecule has 96 valence electrons. The minimum Gasteiger partial charge on any atom is -0.317 e. The molecule has 0 aromatic rings. The van der Waals surface area contributed by atoms with Crippen LogP contribution in [-0.2, 0) is 0 Å². The molecule has 0 amide bonds. The van der Waals surface area contributed by atoms with Crippen molar-refractivity contribution in [2.75, 3.05) is 26.2 Å². The third kappa shape index (κ3) is 5.86. The van der Waals surface area contributed by atoms with Crippen LogP contribution in [0.25, 0.3) is 0 Å². The van der Waals surface area contributed by atoms with Gasteiger partial charge in [0, 0.05) is 6.04 Å². The minimum absolute atomic E-state index is 0.828. The second-order valence-corrected chi connectivity index (χ2v) is 5.19. The van der Waals surface area contributed by atoms with Crippen molar-refractivity contribution in [1.29, 1.82) is 0 Å². The quantitative estimate of drug-likeness (QED) is 0.640. The van der Waals surface area contributed by atoms with E-state index in [1.807, 2.05) is 0 Å². The van der Waals surface area contributed by atoms with Gasteiger partial charge >= 0.3 is 0 Å². The maximum atomic E-state index is 3.55. The summed E-state index contributed by atoms with van der Waals surface area (Å²) in [7, 11) is 0. The summed E-state index contributed by atoms with van der Waals surface area (Å²) in [5.41, 5.74) is 0. The summed E-state index contributed by atoms with van der Waals surface area (Å²) in [4.78, 5) is 2.66. The van der Waals surface area contributed by atoms with Gasteiger partial charge in [-0.1, -0.05) is 26.2 Å². The van der Waals surface area contributed by atoms with Crippen LogP contribution in [0.2, 0.25) is 0 Å². The van der Waals surface area contributed by atoms with Crippen molar-refractivity contribution in [3.8, 4) is 0 Å². The molecule has 0 aromatic heterocycles. The van der Waals surface area contributed by atoms with Crippen molar-refractivity contribution >= 4 is 0 Å². The molecule has 1 N–H and O–H groups in total. The molecule has 1 aliphatic rings. The average Bonchev–Trinajstić information content (AvgIpc) is 2.30. The van der Waals surface area contributed by atoms with Crippen molar-refractivity contribution in [3.05, 3.63) is 0 Å². The van der Waals surface area contributed by atoms with Crippen LogP contribution in [0.1, 0.15) is 58.8 Å². The van der Waals surface area contributed by atoms with Gasteiger partial charge in [0.1, 0.15) is 0 Å². The Kier molecular flexibility index (Phi) is 7.87. The highest BCUT2D eigenvalue weighted by molar-refractivity contribution is 4.72. The fourth-order valence-corrected chi connectivity index (χ4v) is 2.52. The van der Waals surface area contributed by atoms with Gasteiger partial charge in [-0.3, -0.25) is 0 Å². The van der Waals surface area contributed by atoms with Crippen LogP contribution < -0.4 is 5.32 Å². The topological polar surface area (TPSA) is 15.3 Å². The minimum atomic E-state index is 0.828. The molecule has 1 saturated heterocycles. The zero-order valence-corrected chi connectivity index (χ0v) is 11.3. The van der Waals surface area contributed by atoms with E-state index < -0.39 is 0 Å². The zero-order valence-electron chi connectivity index (χ0n) is 11.3. The Hall–Kier alpha value is -0.0800. The maximum Gasteiger partial charge on any atom is 0.00669 e. The van der Waals surface area contributed by atoms with E-state index in [0.29, 0.717) is 0 Å². The van der Waals surface area contributed by atoms with Gasteiger partial charge < -0.3 is 10.2 Å². The molecule has 1 aliphatic heterocycles. The number of likely N-dealkylation sites (tertiary alicyclic amines) is 1. The number of nitrogens with zero attached hydrogens (tertiary/aromatic N) is 1. The van der Waals surface area contributed by atoms with Gasteiger partial charge in [0.2, 0.25) is 0 Å². The second-order valence-electron chi connectivity index (χ2n) is 5.19. The third-order valence-electron chi connectivity index (χ3n) is 3.70. The molecule has 0 bridgehead atoms. The Bertz CT molecular complexity index is 159. The van der Waals surface area contributed by atoms with E-state index in [4.69, 9.17) is 0 Å². The lowest BCUT2D eigenvalue weighted by Gasteiger charge is -2.33. The lowest BCUT2D eigenvalue weighted by Crippen LogP contribution is -2.38. The molecule has 1 rings (SSSR count). The maximum absolute atomic E-state index is 3.55. The highest BCUT2D eigenvalue weighted by atomic mass is 15.2. The first-order valence-corrected chi connectivity index (χ1v) is 7.29. The predicted octanol–water partition coefficient (Wildman–Crippen LogP) is 3.03. The number of unbranched alkanes of at least 4 members (excludes halogenated alkanes) is 2. The summed E-state index contributed by atoms with van der Waals surface area (Å²) in [6.45, 7) is 9.68. The first kappa shape index (κ1) is 14.0. The van der Waals surface area contributed by atoms with E-state index >= 15 is 0 Å². The summed E-state index contributed by atoms with van der Waals surface area (Å²) in [5.74, 6) is 0. The first-order valence-electron chi connectivity index (χ1n) is 7.29. The van der Waals surface area contributed by atoms with E-state index in [-0.39, 0.29) is 0 Å². The van der Waals surface area contributed by atoms with Gasteiger partial charge in [-0.05, 0) is 58.8 Å². The van der Waals surface area contributed by atoms with Crippen molar-refractivity contribution in [1.82, 2.24) is 10.2 Å². The predicted molar refractivity (Wildman–Crippen MR) is 71.9 cm³/mol. The molecule has 0 aromatic carbocycles. The Morgan fingerprint density at radius 2 is 1.94 bits per heavy atom. The van der Waals surface area contributed by atoms with Gasteiger partial charge in [0.25, 0.3) is 0 Å². The van der Waals surface area contributed by atoms with Crippen LogP contribution >= 0.6 is 0 Å². The van der Waals surface area contributed by atoms with Crippen LogP contribution in [0.15, 0.2) is 0 Å². The molecule has 16 heavy (non-hydrogen) atoms. The largest absolute Gasteiger partial charge is 0.317 e. The van der Waals surface area contributed by atoms with Gasteiger partial charge in [0.15, 0.2) is 0 Å². The molecule has 2 nitrogen and oxygen atoms in total. The summed E-state index contributed by atoms with van der Waals surface area (Å²) in [6, 6.07) is 0.828. The standard InChI is InChI=1S/C14H30N2/c1-3-4-6-10-15-11-8-13-16-12-7-5-9-14(16)2/h14-15H,3-13H2,1-2H3. The molecule has 1 fully saturated rings. The molecule has 1 unspecified atom stereocenters. The number of rotatable bonds is 8. The number of hydrogen-bond donors (Lipinski definition) is 1. The highest BCUT2D eigenvalue weighted by Gasteiger charge is 2.16. The molecular formula is C14H30N2. The van der Waals surface area contributed by atoms with Crippen LogP contribution in [0.4, 0.5) is 0 Å². The fraction of sp³-hybridized carbons (Fsp3) is 1.00.